The normalized spacial score (nSPS) is 49.9. The fourth-order valence-corrected chi connectivity index (χ4v) is 8.49. The third kappa shape index (κ3) is 3.10. The highest BCUT2D eigenvalue weighted by atomic mass is 16.6. The van der Waals surface area contributed by atoms with E-state index in [1.54, 1.807) is 0 Å². The Balaban J connectivity index is 1.72. The van der Waals surface area contributed by atoms with Crippen LogP contribution in [0, 0.1) is 28.6 Å². The van der Waals surface area contributed by atoms with Crippen molar-refractivity contribution in [3.63, 3.8) is 0 Å². The first kappa shape index (κ1) is 23.7. The lowest BCUT2D eigenvalue weighted by molar-refractivity contribution is -0.273. The maximum absolute atomic E-state index is 12.5. The fourth-order valence-electron chi connectivity index (χ4n) is 8.49. The zero-order chi connectivity index (χ0) is 23.7. The second-order valence-corrected chi connectivity index (χ2v) is 11.4. The van der Waals surface area contributed by atoms with Gasteiger partial charge in [-0.3, -0.25) is 14.4 Å². The second kappa shape index (κ2) is 7.52. The molecule has 4 saturated carbocycles. The third-order valence-electron chi connectivity index (χ3n) is 10.2. The number of carbonyl (C=O) groups is 3. The van der Waals surface area contributed by atoms with E-state index >= 15 is 0 Å². The van der Waals surface area contributed by atoms with E-state index < -0.39 is 40.2 Å². The largest absolute Gasteiger partial charge is 0.462 e. The Kier molecular flexibility index (Phi) is 5.57. The van der Waals surface area contributed by atoms with Gasteiger partial charge >= 0.3 is 11.9 Å². The lowest BCUT2D eigenvalue weighted by Crippen LogP contribution is -2.70. The lowest BCUT2D eigenvalue weighted by Gasteiger charge is -2.65. The topological polar surface area (TPSA) is 110 Å². The van der Waals surface area contributed by atoms with Crippen molar-refractivity contribution in [1.82, 2.24) is 0 Å². The molecule has 0 saturated heterocycles. The predicted molar refractivity (Wildman–Crippen MR) is 115 cm³/mol. The van der Waals surface area contributed by atoms with Crippen molar-refractivity contribution in [1.29, 1.82) is 0 Å². The average molecular weight is 451 g/mol. The minimum atomic E-state index is -1.32. The summed E-state index contributed by atoms with van der Waals surface area (Å²) in [6.45, 7) is 8.35. The van der Waals surface area contributed by atoms with Gasteiger partial charge in [-0.05, 0) is 69.6 Å². The molecule has 0 unspecified atom stereocenters. The maximum Gasteiger partial charge on any atom is 0.303 e. The highest BCUT2D eigenvalue weighted by Crippen LogP contribution is 2.69. The van der Waals surface area contributed by atoms with Crippen LogP contribution < -0.4 is 0 Å². The van der Waals surface area contributed by atoms with Gasteiger partial charge < -0.3 is 19.7 Å². The number of Topliss-reactive ketones (excluding diaryl/α,β-unsaturated/α-hetero) is 1. The zero-order valence-electron chi connectivity index (χ0n) is 20.0. The van der Waals surface area contributed by atoms with Crippen molar-refractivity contribution >= 4 is 17.7 Å². The maximum atomic E-state index is 12.5. The summed E-state index contributed by atoms with van der Waals surface area (Å²) >= 11 is 0. The fraction of sp³-hybridized carbons (Fsp3) is 0.880. The van der Waals surface area contributed by atoms with Crippen molar-refractivity contribution in [3.8, 4) is 0 Å². The molecule has 4 rings (SSSR count). The van der Waals surface area contributed by atoms with E-state index in [1.807, 2.05) is 6.92 Å². The molecule has 7 heteroatoms. The molecule has 0 aromatic heterocycles. The Morgan fingerprint density at radius 2 is 1.38 bits per heavy atom. The number of hydrogen-bond donors (Lipinski definition) is 2. The smallest absolute Gasteiger partial charge is 0.303 e. The van der Waals surface area contributed by atoms with Crippen LogP contribution in [0.25, 0.3) is 0 Å². The van der Waals surface area contributed by atoms with Crippen LogP contribution >= 0.6 is 0 Å². The lowest BCUT2D eigenvalue weighted by atomic mass is 9.42. The summed E-state index contributed by atoms with van der Waals surface area (Å²) in [5.74, 6) is -0.530. The molecule has 32 heavy (non-hydrogen) atoms. The Morgan fingerprint density at radius 3 is 1.97 bits per heavy atom. The molecule has 4 aliphatic rings. The van der Waals surface area contributed by atoms with Crippen LogP contribution in [-0.2, 0) is 23.9 Å². The molecule has 0 heterocycles. The summed E-state index contributed by atoms with van der Waals surface area (Å²) in [6.07, 6.45) is 3.71. The van der Waals surface area contributed by atoms with Crippen LogP contribution in [0.3, 0.4) is 0 Å². The van der Waals surface area contributed by atoms with E-state index in [0.29, 0.717) is 25.7 Å². The SMILES string of the molecule is CC(=O)O[C@@H]1CC[C@]2(C)[C@H]3CC[C@@]4(C)[C@@H](CC[C@]4(O)C(C)=O)[C@@H]3C[C@@H](OC(C)=O)[C@@]2(O)C1. The van der Waals surface area contributed by atoms with Gasteiger partial charge in [-0.15, -0.1) is 0 Å². The molecule has 0 aliphatic heterocycles. The number of ether oxygens (including phenoxy) is 2. The summed E-state index contributed by atoms with van der Waals surface area (Å²) in [7, 11) is 0. The van der Waals surface area contributed by atoms with Gasteiger partial charge in [0.05, 0.1) is 0 Å². The highest BCUT2D eigenvalue weighted by molar-refractivity contribution is 5.86. The molecule has 0 radical (unpaired) electrons. The zero-order valence-corrected chi connectivity index (χ0v) is 20.0. The van der Waals surface area contributed by atoms with Gasteiger partial charge in [0, 0.05) is 31.1 Å². The first-order valence-electron chi connectivity index (χ1n) is 12.1. The summed E-state index contributed by atoms with van der Waals surface area (Å²) in [6, 6.07) is 0. The Bertz CT molecular complexity index is 825. The molecule has 4 aliphatic carbocycles. The first-order valence-corrected chi connectivity index (χ1v) is 12.1. The number of aliphatic hydroxyl groups is 2. The van der Waals surface area contributed by atoms with E-state index in [4.69, 9.17) is 9.47 Å². The summed E-state index contributed by atoms with van der Waals surface area (Å²) < 4.78 is 11.2. The van der Waals surface area contributed by atoms with E-state index in [9.17, 15) is 24.6 Å². The monoisotopic (exact) mass is 450 g/mol. The van der Waals surface area contributed by atoms with Crippen LogP contribution in [0.2, 0.25) is 0 Å². The van der Waals surface area contributed by atoms with E-state index in [0.717, 1.165) is 19.3 Å². The van der Waals surface area contributed by atoms with Gasteiger partial charge in [0.1, 0.15) is 23.4 Å². The van der Waals surface area contributed by atoms with Crippen molar-refractivity contribution in [2.75, 3.05) is 0 Å². The molecule has 0 aromatic carbocycles. The second-order valence-electron chi connectivity index (χ2n) is 11.4. The molecule has 2 N–H and O–H groups in total. The van der Waals surface area contributed by atoms with Crippen LogP contribution in [-0.4, -0.2) is 51.3 Å². The van der Waals surface area contributed by atoms with Crippen molar-refractivity contribution in [2.24, 2.45) is 28.6 Å². The molecular weight excluding hydrogens is 412 g/mol. The van der Waals surface area contributed by atoms with Gasteiger partial charge in [-0.1, -0.05) is 13.8 Å². The number of esters is 2. The Morgan fingerprint density at radius 1 is 0.812 bits per heavy atom. The van der Waals surface area contributed by atoms with Gasteiger partial charge in [-0.25, -0.2) is 0 Å². The number of fused-ring (bicyclic) bond motifs is 5. The average Bonchev–Trinajstić information content (AvgIpc) is 2.96. The van der Waals surface area contributed by atoms with Gasteiger partial charge in [-0.2, -0.15) is 0 Å². The van der Waals surface area contributed by atoms with E-state index in [2.05, 4.69) is 6.92 Å². The number of ketones is 1. The Labute approximate surface area is 190 Å². The van der Waals surface area contributed by atoms with Crippen molar-refractivity contribution in [2.45, 2.75) is 109 Å². The molecule has 0 bridgehead atoms. The number of hydrogen-bond acceptors (Lipinski definition) is 7. The quantitative estimate of drug-likeness (QED) is 0.636. The molecule has 0 spiro atoms. The molecule has 0 aromatic rings. The molecule has 9 atom stereocenters. The molecule has 4 fully saturated rings. The van der Waals surface area contributed by atoms with Crippen LogP contribution in [0.15, 0.2) is 0 Å². The molecule has 7 nitrogen and oxygen atoms in total. The minimum Gasteiger partial charge on any atom is -0.462 e. The van der Waals surface area contributed by atoms with E-state index in [1.165, 1.54) is 20.8 Å². The number of carbonyl (C=O) groups excluding carboxylic acids is 3. The standard InChI is InChI=1S/C25H38O7/c1-14(26)24(29)11-8-20-18-12-21(32-16(3)28)25(30)13-17(31-15(2)27)6-9-23(25,5)19(18)7-10-22(20,24)4/h17-21,29-30H,6-13H2,1-5H3/t17-,18-,19+,20+,21-,22+,23-,24+,25+/m1/s1. The van der Waals surface area contributed by atoms with Gasteiger partial charge in [0.25, 0.3) is 0 Å². The van der Waals surface area contributed by atoms with Crippen LogP contribution in [0.4, 0.5) is 0 Å². The predicted octanol–water partition coefficient (Wildman–Crippen LogP) is 2.94. The summed E-state index contributed by atoms with van der Waals surface area (Å²) in [5.41, 5.74) is -3.63. The van der Waals surface area contributed by atoms with Crippen molar-refractivity contribution < 1.29 is 34.1 Å². The minimum absolute atomic E-state index is 0.126. The van der Waals surface area contributed by atoms with Crippen LogP contribution in [0.1, 0.15) is 86.0 Å². The first-order chi connectivity index (χ1) is 14.8. The third-order valence-corrected chi connectivity index (χ3v) is 10.2. The summed E-state index contributed by atoms with van der Waals surface area (Å²) in [4.78, 5) is 36.1. The Hall–Kier alpha value is -1.47. The number of rotatable bonds is 3. The van der Waals surface area contributed by atoms with Crippen LogP contribution in [0.5, 0.6) is 0 Å². The highest BCUT2D eigenvalue weighted by Gasteiger charge is 2.71. The van der Waals surface area contributed by atoms with Gasteiger partial charge in [0.15, 0.2) is 5.78 Å². The molecule has 0 amide bonds. The molecular formula is C25H38O7. The summed E-state index contributed by atoms with van der Waals surface area (Å²) in [5, 5.41) is 23.5. The van der Waals surface area contributed by atoms with Gasteiger partial charge in [0.2, 0.25) is 0 Å². The van der Waals surface area contributed by atoms with Crippen molar-refractivity contribution in [3.05, 3.63) is 0 Å². The molecule has 180 valence electrons. The van der Waals surface area contributed by atoms with E-state index in [-0.39, 0.29) is 35.9 Å².